The molecule has 0 fully saturated rings. The molecule has 0 aliphatic rings. The van der Waals surface area contributed by atoms with Crippen molar-refractivity contribution in [3.63, 3.8) is 0 Å². The molecular formula is C14H18F3NO4S. The Hall–Kier alpha value is -1.61. The summed E-state index contributed by atoms with van der Waals surface area (Å²) in [5, 5.41) is 0. The van der Waals surface area contributed by atoms with Crippen LogP contribution in [0.25, 0.3) is 0 Å². The van der Waals surface area contributed by atoms with Crippen molar-refractivity contribution in [1.82, 2.24) is 4.72 Å². The van der Waals surface area contributed by atoms with Crippen LogP contribution in [-0.4, -0.2) is 33.2 Å². The predicted molar refractivity (Wildman–Crippen MR) is 77.5 cm³/mol. The number of sulfonamides is 1. The number of carbonyl (C=O) groups excluding carboxylic acids is 1. The van der Waals surface area contributed by atoms with Crippen LogP contribution in [0.4, 0.5) is 13.2 Å². The molecular weight excluding hydrogens is 335 g/mol. The molecule has 0 spiro atoms. The van der Waals surface area contributed by atoms with Gasteiger partial charge >= 0.3 is 12.1 Å². The zero-order valence-electron chi connectivity index (χ0n) is 13.1. The van der Waals surface area contributed by atoms with Crippen LogP contribution in [0, 0.1) is 20.8 Å². The highest BCUT2D eigenvalue weighted by molar-refractivity contribution is 7.89. The summed E-state index contributed by atoms with van der Waals surface area (Å²) in [5.41, 5.74) is 1.36. The third-order valence-electron chi connectivity index (χ3n) is 3.00. The number of esters is 1. The average molecular weight is 353 g/mol. The number of halogens is 3. The van der Waals surface area contributed by atoms with Crippen molar-refractivity contribution in [2.75, 3.05) is 6.61 Å². The fourth-order valence-electron chi connectivity index (χ4n) is 2.28. The maximum Gasteiger partial charge on any atom is 0.415 e. The molecule has 23 heavy (non-hydrogen) atoms. The summed E-state index contributed by atoms with van der Waals surface area (Å²) in [5.74, 6) is -1.69. The number of carbonyl (C=O) groups is 1. The maximum absolute atomic E-state index is 13.0. The van der Waals surface area contributed by atoms with E-state index >= 15 is 0 Å². The van der Waals surface area contributed by atoms with Gasteiger partial charge in [0.15, 0.2) is 0 Å². The third-order valence-corrected chi connectivity index (χ3v) is 4.72. The molecule has 0 amide bonds. The topological polar surface area (TPSA) is 72.5 Å². The van der Waals surface area contributed by atoms with Gasteiger partial charge in [-0.05, 0) is 38.8 Å². The van der Waals surface area contributed by atoms with Crippen molar-refractivity contribution in [3.8, 4) is 0 Å². The first-order valence-electron chi connectivity index (χ1n) is 6.73. The molecule has 0 saturated heterocycles. The first kappa shape index (κ1) is 19.4. The summed E-state index contributed by atoms with van der Waals surface area (Å²) in [4.78, 5) is 11.2. The number of hydrogen-bond acceptors (Lipinski definition) is 4. The number of aryl methyl sites for hydroxylation is 3. The molecule has 0 aliphatic heterocycles. The molecule has 0 bridgehead atoms. The molecule has 0 aromatic heterocycles. The Morgan fingerprint density at radius 3 is 2.09 bits per heavy atom. The molecule has 0 aliphatic carbocycles. The fourth-order valence-corrected chi connectivity index (χ4v) is 3.90. The molecule has 1 N–H and O–H groups in total. The lowest BCUT2D eigenvalue weighted by atomic mass is 10.1. The van der Waals surface area contributed by atoms with Crippen molar-refractivity contribution in [2.45, 2.75) is 44.8 Å². The SMILES string of the molecule is CCOC(=O)C(NS(=O)(=O)c1c(C)cc(C)cc1C)C(F)(F)F. The Labute approximate surface area is 132 Å². The van der Waals surface area contributed by atoms with Crippen LogP contribution in [-0.2, 0) is 19.6 Å². The van der Waals surface area contributed by atoms with Gasteiger partial charge in [-0.25, -0.2) is 13.2 Å². The van der Waals surface area contributed by atoms with Gasteiger partial charge in [0.05, 0.1) is 11.5 Å². The van der Waals surface area contributed by atoms with Gasteiger partial charge in [-0.1, -0.05) is 17.7 Å². The minimum absolute atomic E-state index is 0.276. The minimum atomic E-state index is -5.11. The average Bonchev–Trinajstić information content (AvgIpc) is 2.33. The first-order chi connectivity index (χ1) is 10.4. The van der Waals surface area contributed by atoms with Crippen molar-refractivity contribution in [3.05, 3.63) is 28.8 Å². The van der Waals surface area contributed by atoms with Gasteiger partial charge in [0, 0.05) is 0 Å². The van der Waals surface area contributed by atoms with Gasteiger partial charge in [0.2, 0.25) is 16.1 Å². The number of nitrogens with one attached hydrogen (secondary N) is 1. The Kier molecular flexibility index (Phi) is 5.81. The quantitative estimate of drug-likeness (QED) is 0.825. The highest BCUT2D eigenvalue weighted by atomic mass is 32.2. The number of ether oxygens (including phenoxy) is 1. The van der Waals surface area contributed by atoms with Crippen LogP contribution in [0.5, 0.6) is 0 Å². The second-order valence-electron chi connectivity index (χ2n) is 5.08. The minimum Gasteiger partial charge on any atom is -0.465 e. The van der Waals surface area contributed by atoms with E-state index in [0.717, 1.165) is 5.56 Å². The summed E-state index contributed by atoms with van der Waals surface area (Å²) in [6.07, 6.45) is -5.11. The van der Waals surface area contributed by atoms with Crippen LogP contribution < -0.4 is 4.72 Å². The predicted octanol–water partition coefficient (Wildman–Crippen LogP) is 2.38. The van der Waals surface area contributed by atoms with Crippen LogP contribution in [0.1, 0.15) is 23.6 Å². The molecule has 1 aromatic rings. The summed E-state index contributed by atoms with van der Waals surface area (Å²) in [6, 6.07) is 0.121. The van der Waals surface area contributed by atoms with Crippen molar-refractivity contribution < 1.29 is 31.1 Å². The normalized spacial score (nSPS) is 13.7. The van der Waals surface area contributed by atoms with E-state index in [1.807, 2.05) is 0 Å². The molecule has 0 saturated carbocycles. The van der Waals surface area contributed by atoms with E-state index in [0.29, 0.717) is 11.1 Å². The van der Waals surface area contributed by atoms with Gasteiger partial charge in [-0.2, -0.15) is 17.9 Å². The van der Waals surface area contributed by atoms with Gasteiger partial charge in [-0.3, -0.25) is 0 Å². The zero-order chi connectivity index (χ0) is 18.0. The van der Waals surface area contributed by atoms with Gasteiger partial charge in [-0.15, -0.1) is 0 Å². The fraction of sp³-hybridized carbons (Fsp3) is 0.500. The number of rotatable bonds is 5. The number of alkyl halides is 3. The monoisotopic (exact) mass is 353 g/mol. The second-order valence-corrected chi connectivity index (χ2v) is 6.73. The van der Waals surface area contributed by atoms with E-state index in [-0.39, 0.29) is 11.5 Å². The van der Waals surface area contributed by atoms with Gasteiger partial charge < -0.3 is 4.74 Å². The van der Waals surface area contributed by atoms with Gasteiger partial charge in [0.25, 0.3) is 0 Å². The number of hydrogen-bond donors (Lipinski definition) is 1. The van der Waals surface area contributed by atoms with Crippen LogP contribution in [0.15, 0.2) is 17.0 Å². The lowest BCUT2D eigenvalue weighted by Gasteiger charge is -2.21. The van der Waals surface area contributed by atoms with Crippen molar-refractivity contribution >= 4 is 16.0 Å². The molecule has 1 unspecified atom stereocenters. The molecule has 1 atom stereocenters. The Morgan fingerprint density at radius 2 is 1.70 bits per heavy atom. The zero-order valence-corrected chi connectivity index (χ0v) is 13.9. The van der Waals surface area contributed by atoms with Crippen molar-refractivity contribution in [1.29, 1.82) is 0 Å². The summed E-state index contributed by atoms with van der Waals surface area (Å²) < 4.78 is 69.3. The van der Waals surface area contributed by atoms with E-state index < -0.39 is 28.2 Å². The smallest absolute Gasteiger partial charge is 0.415 e. The number of benzene rings is 1. The molecule has 1 aromatic carbocycles. The first-order valence-corrected chi connectivity index (χ1v) is 8.22. The van der Waals surface area contributed by atoms with E-state index in [9.17, 15) is 26.4 Å². The molecule has 0 heterocycles. The third kappa shape index (κ3) is 4.68. The van der Waals surface area contributed by atoms with Gasteiger partial charge in [0.1, 0.15) is 0 Å². The Bertz CT molecular complexity index is 675. The molecule has 1 rings (SSSR count). The molecule has 9 heteroatoms. The molecule has 5 nitrogen and oxygen atoms in total. The van der Waals surface area contributed by atoms with E-state index in [1.54, 1.807) is 6.92 Å². The van der Waals surface area contributed by atoms with E-state index in [4.69, 9.17) is 0 Å². The Morgan fingerprint density at radius 1 is 1.22 bits per heavy atom. The van der Waals surface area contributed by atoms with Crippen LogP contribution in [0.3, 0.4) is 0 Å². The van der Waals surface area contributed by atoms with Crippen molar-refractivity contribution in [2.24, 2.45) is 0 Å². The summed E-state index contributed by atoms with van der Waals surface area (Å²) >= 11 is 0. The van der Waals surface area contributed by atoms with E-state index in [2.05, 4.69) is 4.74 Å². The lowest BCUT2D eigenvalue weighted by molar-refractivity contribution is -0.181. The summed E-state index contributed by atoms with van der Waals surface area (Å²) in [7, 11) is -4.55. The lowest BCUT2D eigenvalue weighted by Crippen LogP contribution is -2.51. The van der Waals surface area contributed by atoms with Crippen LogP contribution in [0.2, 0.25) is 0 Å². The highest BCUT2D eigenvalue weighted by Crippen LogP contribution is 2.26. The second kappa shape index (κ2) is 6.88. The largest absolute Gasteiger partial charge is 0.465 e. The van der Waals surface area contributed by atoms with Crippen LogP contribution >= 0.6 is 0 Å². The molecule has 130 valence electrons. The summed E-state index contributed by atoms with van der Waals surface area (Å²) in [6.45, 7) is 5.72. The highest BCUT2D eigenvalue weighted by Gasteiger charge is 2.48. The Balaban J connectivity index is 3.30. The standard InChI is InChI=1S/C14H18F3NO4S/c1-5-22-13(19)12(14(15,16)17)18-23(20,21)11-9(3)6-8(2)7-10(11)4/h6-7,12,18H,5H2,1-4H3. The maximum atomic E-state index is 13.0. The van der Waals surface area contributed by atoms with E-state index in [1.165, 1.54) is 37.6 Å². The molecule has 0 radical (unpaired) electrons.